The normalized spacial score (nSPS) is 7.62. The Balaban J connectivity index is 0.000000424. The van der Waals surface area contributed by atoms with Crippen LogP contribution in [0.3, 0.4) is 0 Å². The summed E-state index contributed by atoms with van der Waals surface area (Å²) in [4.78, 5) is 0. The molecule has 1 heterocycles. The molecule has 4 heteroatoms. The zero-order chi connectivity index (χ0) is 10.1. The van der Waals surface area contributed by atoms with Crippen LogP contribution in [0.4, 0.5) is 0 Å². The third-order valence-electron chi connectivity index (χ3n) is 1.26. The first-order chi connectivity index (χ1) is 6.28. The quantitative estimate of drug-likeness (QED) is 0.311. The Morgan fingerprint density at radius 2 is 2.23 bits per heavy atom. The van der Waals surface area contributed by atoms with Gasteiger partial charge in [-0.3, -0.25) is 0 Å². The van der Waals surface area contributed by atoms with Crippen molar-refractivity contribution in [2.45, 2.75) is 6.54 Å². The summed E-state index contributed by atoms with van der Waals surface area (Å²) in [5.41, 5.74) is 0. The summed E-state index contributed by atoms with van der Waals surface area (Å²) in [5, 5.41) is 8.47. The molecule has 0 N–H and O–H groups in total. The zero-order valence-corrected chi connectivity index (χ0v) is 8.07. The van der Waals surface area contributed by atoms with Crippen molar-refractivity contribution in [3.63, 3.8) is 0 Å². The number of nitrogens with zero attached hydrogens (tertiary/aromatic N) is 3. The number of allylic oxidation sites excluding steroid dienone is 1. The fourth-order valence-electron chi connectivity index (χ4n) is 0.776. The van der Waals surface area contributed by atoms with Crippen LogP contribution in [0.2, 0.25) is 0 Å². The van der Waals surface area contributed by atoms with Gasteiger partial charge in [0.2, 0.25) is 6.33 Å². The molecule has 0 unspecified atom stereocenters. The molecule has 68 valence electrons. The fourth-order valence-corrected chi connectivity index (χ4v) is 0.776. The molecule has 1 rings (SSSR count). The predicted octanol–water partition coefficient (Wildman–Crippen LogP) is 1.08. The topological polar surface area (TPSA) is 32.6 Å². The molecule has 0 aliphatic heterocycles. The van der Waals surface area contributed by atoms with Gasteiger partial charge in [0, 0.05) is 0 Å². The summed E-state index contributed by atoms with van der Waals surface area (Å²) < 4.78 is 3.91. The van der Waals surface area contributed by atoms with E-state index in [4.69, 9.17) is 5.26 Å². The molecule has 1 aromatic rings. The zero-order valence-electron chi connectivity index (χ0n) is 7.26. The van der Waals surface area contributed by atoms with Crippen LogP contribution in [0.25, 0.3) is 6.20 Å². The summed E-state index contributed by atoms with van der Waals surface area (Å²) in [6, 6.07) is 0. The Hall–Kier alpha value is -1.60. The number of thiocyanates is 1. The minimum atomic E-state index is 0.848. The van der Waals surface area contributed by atoms with Gasteiger partial charge in [-0.15, -0.1) is 0 Å². The third-order valence-corrected chi connectivity index (χ3v) is 1.26. The maximum atomic E-state index is 7.13. The number of imidazole rings is 1. The highest BCUT2D eigenvalue weighted by Gasteiger charge is 1.95. The maximum absolute atomic E-state index is 7.13. The molecule has 0 fully saturated rings. The SMILES string of the molecule is C=CC[n+]1ccn(C=C)c1.N#C[S-]. The Bertz CT molecular complexity index is 309. The van der Waals surface area contributed by atoms with Gasteiger partial charge in [-0.25, -0.2) is 14.4 Å². The van der Waals surface area contributed by atoms with Crippen LogP contribution < -0.4 is 4.57 Å². The Morgan fingerprint density at radius 3 is 2.62 bits per heavy atom. The summed E-state index contributed by atoms with van der Waals surface area (Å²) in [7, 11) is 0. The Labute approximate surface area is 83.6 Å². The minimum Gasteiger partial charge on any atom is -0.696 e. The average Bonchev–Trinajstić information content (AvgIpc) is 2.54. The van der Waals surface area contributed by atoms with Crippen LogP contribution >= 0.6 is 0 Å². The molecular formula is C9H11N3S. The molecule has 1 aromatic heterocycles. The molecule has 3 nitrogen and oxygen atoms in total. The van der Waals surface area contributed by atoms with Gasteiger partial charge in [0.25, 0.3) is 0 Å². The molecule has 0 aliphatic carbocycles. The monoisotopic (exact) mass is 193 g/mol. The van der Waals surface area contributed by atoms with Gasteiger partial charge < -0.3 is 12.6 Å². The molecule has 0 bridgehead atoms. The van der Waals surface area contributed by atoms with E-state index in [0.29, 0.717) is 0 Å². The number of hydrogen-bond acceptors (Lipinski definition) is 2. The molecule has 0 aliphatic rings. The van der Waals surface area contributed by atoms with Gasteiger partial charge >= 0.3 is 0 Å². The van der Waals surface area contributed by atoms with Crippen molar-refractivity contribution < 1.29 is 4.57 Å². The summed E-state index contributed by atoms with van der Waals surface area (Å²) in [5.74, 6) is 0. The number of aromatic nitrogens is 2. The van der Waals surface area contributed by atoms with Gasteiger partial charge in [0.1, 0.15) is 18.9 Å². The van der Waals surface area contributed by atoms with E-state index in [2.05, 4.69) is 25.8 Å². The lowest BCUT2D eigenvalue weighted by atomic mass is 10.6. The van der Waals surface area contributed by atoms with Gasteiger partial charge in [0.05, 0.1) is 6.20 Å². The van der Waals surface area contributed by atoms with Gasteiger partial charge in [-0.05, 0) is 0 Å². The van der Waals surface area contributed by atoms with Crippen LogP contribution in [-0.2, 0) is 19.2 Å². The first-order valence-corrected chi connectivity index (χ1v) is 4.00. The van der Waals surface area contributed by atoms with Gasteiger partial charge in [-0.2, -0.15) is 0 Å². The smallest absolute Gasteiger partial charge is 0.248 e. The van der Waals surface area contributed by atoms with Gasteiger partial charge in [-0.1, -0.05) is 24.6 Å². The lowest BCUT2D eigenvalue weighted by Gasteiger charge is -1.83. The Kier molecular flexibility index (Phi) is 6.20. The first kappa shape index (κ1) is 11.4. The van der Waals surface area contributed by atoms with E-state index in [0.717, 1.165) is 6.54 Å². The lowest BCUT2D eigenvalue weighted by molar-refractivity contribution is -0.686. The van der Waals surface area contributed by atoms with Crippen molar-refractivity contribution >= 4 is 18.8 Å². The molecule has 0 saturated carbocycles. The fraction of sp³-hybridized carbons (Fsp3) is 0.111. The van der Waals surface area contributed by atoms with Crippen LogP contribution in [0.1, 0.15) is 0 Å². The molecule has 13 heavy (non-hydrogen) atoms. The molecule has 0 saturated heterocycles. The van der Waals surface area contributed by atoms with Crippen molar-refractivity contribution in [1.82, 2.24) is 4.57 Å². The van der Waals surface area contributed by atoms with Crippen molar-refractivity contribution in [2.75, 3.05) is 0 Å². The molecule has 0 atom stereocenters. The van der Waals surface area contributed by atoms with Crippen LogP contribution in [0, 0.1) is 10.7 Å². The van der Waals surface area contributed by atoms with Crippen LogP contribution in [0.15, 0.2) is 38.0 Å². The van der Waals surface area contributed by atoms with Crippen LogP contribution in [0.5, 0.6) is 0 Å². The van der Waals surface area contributed by atoms with E-state index in [1.54, 1.807) is 6.20 Å². The van der Waals surface area contributed by atoms with E-state index in [9.17, 15) is 0 Å². The van der Waals surface area contributed by atoms with E-state index >= 15 is 0 Å². The van der Waals surface area contributed by atoms with E-state index in [-0.39, 0.29) is 0 Å². The van der Waals surface area contributed by atoms with E-state index in [1.165, 1.54) is 5.40 Å². The highest BCUT2D eigenvalue weighted by molar-refractivity contribution is 7.64. The molecular weight excluding hydrogens is 182 g/mol. The predicted molar refractivity (Wildman–Crippen MR) is 54.2 cm³/mol. The minimum absolute atomic E-state index is 0.848. The number of rotatable bonds is 3. The maximum Gasteiger partial charge on any atom is 0.248 e. The Morgan fingerprint density at radius 1 is 1.62 bits per heavy atom. The second-order valence-corrected chi connectivity index (χ2v) is 2.30. The van der Waals surface area contributed by atoms with E-state index < -0.39 is 0 Å². The summed E-state index contributed by atoms with van der Waals surface area (Å²) in [6.45, 7) is 8.11. The average molecular weight is 193 g/mol. The van der Waals surface area contributed by atoms with Crippen molar-refractivity contribution in [3.05, 3.63) is 38.0 Å². The second kappa shape index (κ2) is 7.07. The highest BCUT2D eigenvalue weighted by atomic mass is 32.1. The lowest BCUT2D eigenvalue weighted by Crippen LogP contribution is -2.29. The van der Waals surface area contributed by atoms with Crippen molar-refractivity contribution in [1.29, 1.82) is 5.26 Å². The largest absolute Gasteiger partial charge is 0.696 e. The summed E-state index contributed by atoms with van der Waals surface area (Å²) >= 11 is 3.70. The van der Waals surface area contributed by atoms with E-state index in [1.807, 2.05) is 33.9 Å². The van der Waals surface area contributed by atoms with Gasteiger partial charge in [0.15, 0.2) is 0 Å². The van der Waals surface area contributed by atoms with Crippen molar-refractivity contribution in [2.24, 2.45) is 0 Å². The van der Waals surface area contributed by atoms with Crippen molar-refractivity contribution in [3.8, 4) is 5.40 Å². The second-order valence-electron chi connectivity index (χ2n) is 2.12. The standard InChI is InChI=1S/C8H11N2.CHNS/c1-3-5-10-7-6-9(4-2)8-10;2-1-3/h3-4,6-8H,1-2,5H2;3H/q+1;/p-1. The number of hydrogen-bond donors (Lipinski definition) is 0. The summed E-state index contributed by atoms with van der Waals surface area (Å²) in [6.07, 6.45) is 9.47. The third kappa shape index (κ3) is 4.77. The highest BCUT2D eigenvalue weighted by Crippen LogP contribution is 1.82. The molecule has 0 spiro atoms. The molecule has 0 aromatic carbocycles. The molecule has 0 amide bonds. The number of nitriles is 1. The molecule has 0 radical (unpaired) electrons. The van der Waals surface area contributed by atoms with Crippen LogP contribution in [-0.4, -0.2) is 4.57 Å². The first-order valence-electron chi connectivity index (χ1n) is 3.59.